The summed E-state index contributed by atoms with van der Waals surface area (Å²) in [5.41, 5.74) is 2.81. The Kier molecular flexibility index (Phi) is 9.39. The quantitative estimate of drug-likeness (QED) is 0.207. The van der Waals surface area contributed by atoms with Crippen molar-refractivity contribution in [2.75, 3.05) is 20.8 Å². The number of halogens is 2. The number of carbonyl (C=O) groups excluding carboxylic acids is 1. The fourth-order valence-corrected chi connectivity index (χ4v) is 6.58. The van der Waals surface area contributed by atoms with Gasteiger partial charge in [0, 0.05) is 10.6 Å². The molecule has 0 bridgehead atoms. The predicted octanol–water partition coefficient (Wildman–Crippen LogP) is 5.81. The minimum atomic E-state index is -0.717. The zero-order valence-corrected chi connectivity index (χ0v) is 27.0. The number of methoxy groups -OCH3 is 2. The lowest BCUT2D eigenvalue weighted by Gasteiger charge is -2.24. The van der Waals surface area contributed by atoms with Crippen molar-refractivity contribution in [2.24, 2.45) is 4.99 Å². The van der Waals surface area contributed by atoms with Gasteiger partial charge in [-0.15, -0.1) is 0 Å². The van der Waals surface area contributed by atoms with Crippen molar-refractivity contribution in [1.29, 1.82) is 0 Å². The van der Waals surface area contributed by atoms with Gasteiger partial charge >= 0.3 is 5.97 Å². The standard InChI is InChI=1S/C32H28BrClN2O6S/c1-5-41-31(38)27-18(2)35-32-36(28(27)20-10-12-22(39-3)13-11-20)30(37)26(43-32)16-19-14-23(33)29(25(15-19)40-4)42-17-21-8-6-7-9-24(21)34/h6-16,28H,5,17H2,1-4H3. The Morgan fingerprint density at radius 3 is 2.53 bits per heavy atom. The fraction of sp³-hybridized carbons (Fsp3) is 0.219. The second-order valence-corrected chi connectivity index (χ2v) is 11.8. The van der Waals surface area contributed by atoms with E-state index in [9.17, 15) is 9.59 Å². The first-order valence-electron chi connectivity index (χ1n) is 13.3. The molecule has 1 aromatic heterocycles. The molecule has 222 valence electrons. The Bertz CT molecular complexity index is 1900. The number of hydrogen-bond donors (Lipinski definition) is 0. The molecule has 1 unspecified atom stereocenters. The maximum Gasteiger partial charge on any atom is 0.338 e. The molecule has 1 aliphatic rings. The third-order valence-corrected chi connectivity index (χ3v) is 8.77. The predicted molar refractivity (Wildman–Crippen MR) is 170 cm³/mol. The number of ether oxygens (including phenoxy) is 4. The van der Waals surface area contributed by atoms with E-state index in [1.165, 1.54) is 11.3 Å². The topological polar surface area (TPSA) is 88.4 Å². The highest BCUT2D eigenvalue weighted by Crippen LogP contribution is 2.38. The molecule has 8 nitrogen and oxygen atoms in total. The van der Waals surface area contributed by atoms with Crippen molar-refractivity contribution in [3.8, 4) is 17.2 Å². The molecule has 0 aliphatic carbocycles. The maximum atomic E-state index is 14.0. The van der Waals surface area contributed by atoms with Crippen LogP contribution in [0.3, 0.4) is 0 Å². The summed E-state index contributed by atoms with van der Waals surface area (Å²) in [5, 5.41) is 0.610. The number of thiazole rings is 1. The molecular weight excluding hydrogens is 656 g/mol. The van der Waals surface area contributed by atoms with Crippen LogP contribution >= 0.6 is 38.9 Å². The smallest absolute Gasteiger partial charge is 0.338 e. The molecule has 43 heavy (non-hydrogen) atoms. The lowest BCUT2D eigenvalue weighted by atomic mass is 9.96. The number of esters is 1. The normalized spacial score (nSPS) is 14.7. The van der Waals surface area contributed by atoms with E-state index in [-0.39, 0.29) is 18.8 Å². The number of carbonyl (C=O) groups is 1. The van der Waals surface area contributed by atoms with Gasteiger partial charge in [-0.05, 0) is 77.3 Å². The van der Waals surface area contributed by atoms with E-state index in [2.05, 4.69) is 20.9 Å². The van der Waals surface area contributed by atoms with Gasteiger partial charge in [0.25, 0.3) is 5.56 Å². The van der Waals surface area contributed by atoms with Crippen LogP contribution in [0.4, 0.5) is 0 Å². The van der Waals surface area contributed by atoms with E-state index < -0.39 is 12.0 Å². The van der Waals surface area contributed by atoms with Crippen molar-refractivity contribution in [3.63, 3.8) is 0 Å². The van der Waals surface area contributed by atoms with Gasteiger partial charge < -0.3 is 18.9 Å². The molecule has 1 aliphatic heterocycles. The number of allylic oxidation sites excluding steroid dienone is 1. The van der Waals surface area contributed by atoms with E-state index in [4.69, 9.17) is 30.5 Å². The molecule has 0 saturated heterocycles. The van der Waals surface area contributed by atoms with E-state index in [1.807, 2.05) is 42.5 Å². The maximum absolute atomic E-state index is 14.0. The van der Waals surface area contributed by atoms with Gasteiger partial charge in [0.05, 0.1) is 47.1 Å². The summed E-state index contributed by atoms with van der Waals surface area (Å²) in [6.45, 7) is 3.94. The van der Waals surface area contributed by atoms with Crippen LogP contribution in [0.15, 0.2) is 86.2 Å². The minimum Gasteiger partial charge on any atom is -0.497 e. The number of hydrogen-bond acceptors (Lipinski definition) is 8. The highest BCUT2D eigenvalue weighted by atomic mass is 79.9. The van der Waals surface area contributed by atoms with Gasteiger partial charge in [-0.3, -0.25) is 9.36 Å². The zero-order chi connectivity index (χ0) is 30.7. The first-order valence-corrected chi connectivity index (χ1v) is 15.3. The molecule has 5 rings (SSSR count). The molecule has 3 aromatic carbocycles. The number of fused-ring (bicyclic) bond motifs is 1. The summed E-state index contributed by atoms with van der Waals surface area (Å²) < 4.78 is 25.0. The average Bonchev–Trinajstić information content (AvgIpc) is 3.30. The molecule has 4 aromatic rings. The Balaban J connectivity index is 1.58. The molecule has 0 amide bonds. The van der Waals surface area contributed by atoms with Crippen LogP contribution in [0.2, 0.25) is 5.02 Å². The highest BCUT2D eigenvalue weighted by Gasteiger charge is 2.33. The second kappa shape index (κ2) is 13.2. The Morgan fingerprint density at radius 1 is 1.12 bits per heavy atom. The van der Waals surface area contributed by atoms with Gasteiger partial charge in [-0.2, -0.15) is 0 Å². The third kappa shape index (κ3) is 6.27. The molecule has 0 radical (unpaired) electrons. The van der Waals surface area contributed by atoms with Gasteiger partial charge in [-0.1, -0.05) is 53.3 Å². The minimum absolute atomic E-state index is 0.199. The summed E-state index contributed by atoms with van der Waals surface area (Å²) in [6, 6.07) is 17.6. The van der Waals surface area contributed by atoms with Crippen LogP contribution in [0.1, 0.15) is 36.6 Å². The zero-order valence-electron chi connectivity index (χ0n) is 23.9. The largest absolute Gasteiger partial charge is 0.497 e. The number of rotatable bonds is 9. The Morgan fingerprint density at radius 2 is 1.86 bits per heavy atom. The first kappa shape index (κ1) is 30.6. The van der Waals surface area contributed by atoms with E-state index in [0.29, 0.717) is 52.9 Å². The van der Waals surface area contributed by atoms with Gasteiger partial charge in [0.2, 0.25) is 0 Å². The number of nitrogens with zero attached hydrogens (tertiary/aromatic N) is 2. The summed E-state index contributed by atoms with van der Waals surface area (Å²) in [4.78, 5) is 32.2. The summed E-state index contributed by atoms with van der Waals surface area (Å²) >= 11 is 11.1. The van der Waals surface area contributed by atoms with Gasteiger partial charge in [-0.25, -0.2) is 9.79 Å². The van der Waals surface area contributed by atoms with Gasteiger partial charge in [0.15, 0.2) is 16.3 Å². The molecular formula is C32H28BrClN2O6S. The monoisotopic (exact) mass is 682 g/mol. The summed E-state index contributed by atoms with van der Waals surface area (Å²) in [5.74, 6) is 1.14. The van der Waals surface area contributed by atoms with E-state index in [0.717, 1.165) is 11.1 Å². The van der Waals surface area contributed by atoms with Crippen molar-refractivity contribution >= 4 is 50.9 Å². The van der Waals surface area contributed by atoms with Gasteiger partial charge in [0.1, 0.15) is 12.4 Å². The van der Waals surface area contributed by atoms with Crippen molar-refractivity contribution < 1.29 is 23.7 Å². The van der Waals surface area contributed by atoms with Crippen LogP contribution in [-0.4, -0.2) is 31.4 Å². The summed E-state index contributed by atoms with van der Waals surface area (Å²) in [6.07, 6.45) is 1.77. The first-order chi connectivity index (χ1) is 20.7. The molecule has 0 saturated carbocycles. The van der Waals surface area contributed by atoms with Crippen LogP contribution in [0.5, 0.6) is 17.2 Å². The highest BCUT2D eigenvalue weighted by molar-refractivity contribution is 9.10. The van der Waals surface area contributed by atoms with Crippen molar-refractivity contribution in [3.05, 3.63) is 118 Å². The summed E-state index contributed by atoms with van der Waals surface area (Å²) in [7, 11) is 3.13. The molecule has 2 heterocycles. The molecule has 1 atom stereocenters. The Hall–Kier alpha value is -3.86. The molecule has 0 fully saturated rings. The van der Waals surface area contributed by atoms with Crippen LogP contribution in [0.25, 0.3) is 6.08 Å². The van der Waals surface area contributed by atoms with Crippen molar-refractivity contribution in [1.82, 2.24) is 4.57 Å². The number of benzene rings is 3. The second-order valence-electron chi connectivity index (χ2n) is 9.49. The molecule has 0 spiro atoms. The average molecular weight is 684 g/mol. The van der Waals surface area contributed by atoms with Crippen LogP contribution < -0.4 is 29.1 Å². The molecule has 11 heteroatoms. The fourth-order valence-electron chi connectivity index (χ4n) is 4.77. The van der Waals surface area contributed by atoms with Crippen molar-refractivity contribution in [2.45, 2.75) is 26.5 Å². The van der Waals surface area contributed by atoms with E-state index >= 15 is 0 Å². The SMILES string of the molecule is CCOC(=O)C1=C(C)N=c2sc(=Cc3cc(Br)c(OCc4ccccc4Cl)c(OC)c3)c(=O)n2C1c1ccc(OC)cc1. The van der Waals surface area contributed by atoms with E-state index in [1.54, 1.807) is 56.9 Å². The Labute approximate surface area is 265 Å². The molecule has 0 N–H and O–H groups in total. The lowest BCUT2D eigenvalue weighted by Crippen LogP contribution is -2.39. The number of aromatic nitrogens is 1. The van der Waals surface area contributed by atoms with Crippen LogP contribution in [-0.2, 0) is 16.1 Å². The third-order valence-electron chi connectivity index (χ3n) is 6.83. The lowest BCUT2D eigenvalue weighted by molar-refractivity contribution is -0.139. The van der Waals surface area contributed by atoms with Crippen LogP contribution in [0, 0.1) is 0 Å².